The maximum atomic E-state index is 2.46. The van der Waals surface area contributed by atoms with Gasteiger partial charge in [-0.25, -0.2) is 0 Å². The van der Waals surface area contributed by atoms with Crippen molar-refractivity contribution in [2.24, 2.45) is 0 Å². The summed E-state index contributed by atoms with van der Waals surface area (Å²) in [5.41, 5.74) is 19.9. The van der Waals surface area contributed by atoms with E-state index < -0.39 is 5.41 Å². The molecular weight excluding hydrogens is 795 g/mol. The SMILES string of the molecule is c1ccc(-c2ccc(-c3ccc(N(c4cccc(-c5cccc(-c6cccc7ccccc67)c5)c4)c4ccc5c(c4)C(c4ccccc4)(c4ccccc4)c4ccccc4-5)cc3)cc2)cc1. The molecule has 11 aromatic carbocycles. The Hall–Kier alpha value is -8.52. The van der Waals surface area contributed by atoms with Gasteiger partial charge in [0.25, 0.3) is 0 Å². The molecule has 0 unspecified atom stereocenters. The first kappa shape index (κ1) is 39.1. The lowest BCUT2D eigenvalue weighted by atomic mass is 9.67. The van der Waals surface area contributed by atoms with Crippen molar-refractivity contribution in [2.75, 3.05) is 4.90 Å². The molecule has 0 heterocycles. The quantitative estimate of drug-likeness (QED) is 0.140. The predicted molar refractivity (Wildman–Crippen MR) is 278 cm³/mol. The van der Waals surface area contributed by atoms with Crippen LogP contribution in [-0.4, -0.2) is 0 Å². The average molecular weight is 840 g/mol. The van der Waals surface area contributed by atoms with Crippen molar-refractivity contribution in [3.8, 4) is 55.6 Å². The summed E-state index contributed by atoms with van der Waals surface area (Å²) in [6.45, 7) is 0. The molecule has 66 heavy (non-hydrogen) atoms. The van der Waals surface area contributed by atoms with Crippen molar-refractivity contribution in [1.82, 2.24) is 0 Å². The number of nitrogens with zero attached hydrogens (tertiary/aromatic N) is 1. The molecule has 0 saturated heterocycles. The van der Waals surface area contributed by atoms with Crippen molar-refractivity contribution >= 4 is 27.8 Å². The highest BCUT2D eigenvalue weighted by Gasteiger charge is 2.46. The maximum Gasteiger partial charge on any atom is 0.0714 e. The summed E-state index contributed by atoms with van der Waals surface area (Å²) < 4.78 is 0. The fraction of sp³-hybridized carbons (Fsp3) is 0.0154. The first-order valence-electron chi connectivity index (χ1n) is 22.8. The molecule has 11 aromatic rings. The van der Waals surface area contributed by atoms with E-state index in [1.807, 2.05) is 0 Å². The molecule has 1 nitrogen and oxygen atoms in total. The van der Waals surface area contributed by atoms with Crippen molar-refractivity contribution in [2.45, 2.75) is 5.41 Å². The number of hydrogen-bond acceptors (Lipinski definition) is 1. The Balaban J connectivity index is 1.01. The third kappa shape index (κ3) is 6.73. The van der Waals surface area contributed by atoms with Crippen molar-refractivity contribution in [3.63, 3.8) is 0 Å². The lowest BCUT2D eigenvalue weighted by molar-refractivity contribution is 0.768. The van der Waals surface area contributed by atoms with Crippen LogP contribution in [0.1, 0.15) is 22.3 Å². The van der Waals surface area contributed by atoms with Crippen LogP contribution in [0.15, 0.2) is 273 Å². The average Bonchev–Trinajstić information content (AvgIpc) is 3.70. The van der Waals surface area contributed by atoms with E-state index in [-0.39, 0.29) is 0 Å². The zero-order chi connectivity index (χ0) is 43.9. The number of rotatable bonds is 9. The zero-order valence-electron chi connectivity index (χ0n) is 36.4. The number of fused-ring (bicyclic) bond motifs is 4. The molecule has 0 amide bonds. The highest BCUT2D eigenvalue weighted by molar-refractivity contribution is 5.97. The van der Waals surface area contributed by atoms with Gasteiger partial charge in [0.2, 0.25) is 0 Å². The summed E-state index contributed by atoms with van der Waals surface area (Å²) in [7, 11) is 0. The second-order valence-electron chi connectivity index (χ2n) is 17.2. The highest BCUT2D eigenvalue weighted by atomic mass is 15.1. The molecule has 310 valence electrons. The van der Waals surface area contributed by atoms with Gasteiger partial charge < -0.3 is 4.90 Å². The number of hydrogen-bond donors (Lipinski definition) is 0. The molecule has 1 heteroatoms. The van der Waals surface area contributed by atoms with Gasteiger partial charge in [0.05, 0.1) is 5.41 Å². The van der Waals surface area contributed by atoms with Crippen LogP contribution in [0.4, 0.5) is 17.1 Å². The van der Waals surface area contributed by atoms with Crippen molar-refractivity contribution < 1.29 is 0 Å². The van der Waals surface area contributed by atoms with Crippen LogP contribution >= 0.6 is 0 Å². The summed E-state index contributed by atoms with van der Waals surface area (Å²) in [4.78, 5) is 2.43. The van der Waals surface area contributed by atoms with Gasteiger partial charge in [-0.3, -0.25) is 0 Å². The molecule has 0 radical (unpaired) electrons. The van der Waals surface area contributed by atoms with Crippen molar-refractivity contribution in [1.29, 1.82) is 0 Å². The summed E-state index contributed by atoms with van der Waals surface area (Å²) in [6, 6.07) is 100. The van der Waals surface area contributed by atoms with E-state index in [4.69, 9.17) is 0 Å². The Morgan fingerprint density at radius 2 is 0.697 bits per heavy atom. The standard InChI is InChI=1S/C65H45N/c1-4-17-46(18-5-1)47-33-35-48(36-34-47)49-37-39-56(40-38-49)66(57-28-15-22-52(44-57)51-21-14-23-53(43-51)60-31-16-20-50-19-10-11-29-59(50)60)58-41-42-62-61-30-12-13-32-63(61)65(64(62)45-58,54-24-6-2-7-25-54)55-26-8-3-9-27-55/h1-45H. The third-order valence-electron chi connectivity index (χ3n) is 13.6. The summed E-state index contributed by atoms with van der Waals surface area (Å²) >= 11 is 0. The lowest BCUT2D eigenvalue weighted by Crippen LogP contribution is -2.28. The van der Waals surface area contributed by atoms with E-state index in [1.165, 1.54) is 83.1 Å². The van der Waals surface area contributed by atoms with Crippen LogP contribution in [0.2, 0.25) is 0 Å². The van der Waals surface area contributed by atoms with Gasteiger partial charge in [-0.2, -0.15) is 0 Å². The molecule has 0 fully saturated rings. The minimum absolute atomic E-state index is 0.518. The Kier molecular flexibility index (Phi) is 9.81. The normalized spacial score (nSPS) is 12.4. The van der Waals surface area contributed by atoms with E-state index in [1.54, 1.807) is 0 Å². The molecule has 0 N–H and O–H groups in total. The number of benzene rings is 11. The molecule has 0 atom stereocenters. The largest absolute Gasteiger partial charge is 0.310 e. The van der Waals surface area contributed by atoms with Gasteiger partial charge in [-0.05, 0) is 131 Å². The van der Waals surface area contributed by atoms with Crippen LogP contribution in [0.5, 0.6) is 0 Å². The molecule has 0 aromatic heterocycles. The first-order chi connectivity index (χ1) is 32.7. The fourth-order valence-electron chi connectivity index (χ4n) is 10.5. The molecule has 1 aliphatic rings. The Bertz CT molecular complexity index is 3460. The second kappa shape index (κ2) is 16.6. The zero-order valence-corrected chi connectivity index (χ0v) is 36.4. The Morgan fingerprint density at radius 3 is 1.41 bits per heavy atom. The molecule has 0 spiro atoms. The van der Waals surface area contributed by atoms with Gasteiger partial charge in [0.1, 0.15) is 0 Å². The van der Waals surface area contributed by atoms with Crippen LogP contribution in [0.25, 0.3) is 66.4 Å². The van der Waals surface area contributed by atoms with E-state index >= 15 is 0 Å². The van der Waals surface area contributed by atoms with Gasteiger partial charge >= 0.3 is 0 Å². The molecule has 0 bridgehead atoms. The van der Waals surface area contributed by atoms with E-state index in [0.717, 1.165) is 22.6 Å². The topological polar surface area (TPSA) is 3.24 Å². The van der Waals surface area contributed by atoms with Crippen LogP contribution in [0, 0.1) is 0 Å². The molecule has 0 saturated carbocycles. The third-order valence-corrected chi connectivity index (χ3v) is 13.6. The smallest absolute Gasteiger partial charge is 0.0714 e. The Labute approximate surface area is 387 Å². The van der Waals surface area contributed by atoms with E-state index in [2.05, 4.69) is 278 Å². The van der Waals surface area contributed by atoms with Crippen LogP contribution < -0.4 is 4.90 Å². The minimum Gasteiger partial charge on any atom is -0.310 e. The summed E-state index contributed by atoms with van der Waals surface area (Å²) in [5.74, 6) is 0. The molecular formula is C65H45N. The number of anilines is 3. The van der Waals surface area contributed by atoms with Crippen LogP contribution in [0.3, 0.4) is 0 Å². The molecule has 12 rings (SSSR count). The monoisotopic (exact) mass is 839 g/mol. The van der Waals surface area contributed by atoms with Gasteiger partial charge in [-0.15, -0.1) is 0 Å². The summed E-state index contributed by atoms with van der Waals surface area (Å²) in [6.07, 6.45) is 0. The fourth-order valence-corrected chi connectivity index (χ4v) is 10.5. The highest BCUT2D eigenvalue weighted by Crippen LogP contribution is 2.57. The lowest BCUT2D eigenvalue weighted by Gasteiger charge is -2.35. The van der Waals surface area contributed by atoms with Gasteiger partial charge in [0.15, 0.2) is 0 Å². The predicted octanol–water partition coefficient (Wildman–Crippen LogP) is 17.3. The van der Waals surface area contributed by atoms with Crippen molar-refractivity contribution in [3.05, 3.63) is 295 Å². The Morgan fingerprint density at radius 1 is 0.242 bits per heavy atom. The molecule has 1 aliphatic carbocycles. The van der Waals surface area contributed by atoms with Gasteiger partial charge in [-0.1, -0.05) is 231 Å². The maximum absolute atomic E-state index is 2.46. The van der Waals surface area contributed by atoms with Gasteiger partial charge in [0, 0.05) is 17.1 Å². The van der Waals surface area contributed by atoms with Crippen LogP contribution in [-0.2, 0) is 5.41 Å². The summed E-state index contributed by atoms with van der Waals surface area (Å²) in [5, 5.41) is 2.50. The second-order valence-corrected chi connectivity index (χ2v) is 17.2. The first-order valence-corrected chi connectivity index (χ1v) is 22.8. The van der Waals surface area contributed by atoms with E-state index in [0.29, 0.717) is 0 Å². The minimum atomic E-state index is -0.518. The molecule has 0 aliphatic heterocycles. The van der Waals surface area contributed by atoms with E-state index in [9.17, 15) is 0 Å².